The second-order valence-electron chi connectivity index (χ2n) is 9.72. The van der Waals surface area contributed by atoms with Crippen molar-refractivity contribution in [1.82, 2.24) is 9.78 Å². The van der Waals surface area contributed by atoms with Gasteiger partial charge >= 0.3 is 0 Å². The predicted octanol–water partition coefficient (Wildman–Crippen LogP) is 6.27. The molecule has 0 fully saturated rings. The fourth-order valence-electron chi connectivity index (χ4n) is 5.37. The molecule has 5 rings (SSSR count). The molecule has 2 aliphatic rings. The Kier molecular flexibility index (Phi) is 5.65. The third-order valence-electron chi connectivity index (χ3n) is 7.18. The van der Waals surface area contributed by atoms with Gasteiger partial charge in [0.25, 0.3) is 5.91 Å². The molecule has 2 aromatic carbocycles. The van der Waals surface area contributed by atoms with E-state index in [1.165, 1.54) is 5.56 Å². The van der Waals surface area contributed by atoms with Crippen LogP contribution in [0.4, 0.5) is 0 Å². The van der Waals surface area contributed by atoms with E-state index in [1.54, 1.807) is 4.68 Å². The molecule has 2 heterocycles. The molecule has 33 heavy (non-hydrogen) atoms. The van der Waals surface area contributed by atoms with Crippen LogP contribution < -0.4 is 0 Å². The van der Waals surface area contributed by atoms with Crippen LogP contribution in [0.2, 0.25) is 0 Å². The van der Waals surface area contributed by atoms with E-state index in [9.17, 15) is 4.79 Å². The lowest BCUT2D eigenvalue weighted by molar-refractivity contribution is 0.0564. The summed E-state index contributed by atoms with van der Waals surface area (Å²) >= 11 is 0. The summed E-state index contributed by atoms with van der Waals surface area (Å²) in [5, 5.41) is 9.36. The number of oxime groups is 1. The van der Waals surface area contributed by atoms with Gasteiger partial charge in [-0.05, 0) is 31.6 Å². The number of nitrogens with zero attached hydrogens (tertiary/aromatic N) is 3. The predicted molar refractivity (Wildman–Crippen MR) is 131 cm³/mol. The number of carbonyl (C=O) groups excluding carboxylic acids is 1. The summed E-state index contributed by atoms with van der Waals surface area (Å²) in [4.78, 5) is 19.8. The van der Waals surface area contributed by atoms with Crippen molar-refractivity contribution in [3.63, 3.8) is 0 Å². The minimum Gasteiger partial charge on any atom is -0.391 e. The van der Waals surface area contributed by atoms with Gasteiger partial charge in [0.1, 0.15) is 17.7 Å². The SMILES string of the molecule is CC(C)[C@@H]1CC[C@@H](C)c2c1nn(C(=O)[C@@H]1C(c3ccccc3)=NO[C@H]1C)c2-c1ccccc1. The van der Waals surface area contributed by atoms with E-state index >= 15 is 0 Å². The molecular weight excluding hydrogens is 410 g/mol. The Morgan fingerprint density at radius 2 is 1.61 bits per heavy atom. The highest BCUT2D eigenvalue weighted by atomic mass is 16.6. The van der Waals surface area contributed by atoms with Crippen molar-refractivity contribution in [1.29, 1.82) is 0 Å². The van der Waals surface area contributed by atoms with Gasteiger partial charge in [-0.15, -0.1) is 0 Å². The van der Waals surface area contributed by atoms with E-state index in [1.807, 2.05) is 55.5 Å². The number of hydrogen-bond acceptors (Lipinski definition) is 4. The molecule has 0 spiro atoms. The fourth-order valence-corrected chi connectivity index (χ4v) is 5.37. The minimum atomic E-state index is -0.510. The lowest BCUT2D eigenvalue weighted by Gasteiger charge is -2.28. The Morgan fingerprint density at radius 3 is 2.24 bits per heavy atom. The smallest absolute Gasteiger partial charge is 0.260 e. The van der Waals surface area contributed by atoms with Crippen LogP contribution in [0.3, 0.4) is 0 Å². The molecule has 1 aromatic heterocycles. The first-order chi connectivity index (χ1) is 16.0. The molecule has 0 saturated carbocycles. The Morgan fingerprint density at radius 1 is 0.970 bits per heavy atom. The molecule has 5 nitrogen and oxygen atoms in total. The molecule has 1 aliphatic carbocycles. The first-order valence-electron chi connectivity index (χ1n) is 12.0. The molecule has 5 heteroatoms. The summed E-state index contributed by atoms with van der Waals surface area (Å²) in [5.41, 5.74) is 5.85. The van der Waals surface area contributed by atoms with Gasteiger partial charge < -0.3 is 4.84 Å². The molecule has 0 unspecified atom stereocenters. The van der Waals surface area contributed by atoms with Crippen LogP contribution in [-0.2, 0) is 4.84 Å². The number of fused-ring (bicyclic) bond motifs is 1. The Balaban J connectivity index is 1.67. The summed E-state index contributed by atoms with van der Waals surface area (Å²) in [7, 11) is 0. The summed E-state index contributed by atoms with van der Waals surface area (Å²) in [6.45, 7) is 8.67. The van der Waals surface area contributed by atoms with E-state index in [4.69, 9.17) is 9.94 Å². The molecule has 1 aliphatic heterocycles. The molecule has 3 aromatic rings. The van der Waals surface area contributed by atoms with Crippen LogP contribution in [0, 0.1) is 11.8 Å². The Hall–Kier alpha value is -3.21. The Bertz CT molecular complexity index is 1180. The largest absolute Gasteiger partial charge is 0.391 e. The number of carbonyl (C=O) groups is 1. The summed E-state index contributed by atoms with van der Waals surface area (Å²) in [5.74, 6) is 0.585. The first kappa shape index (κ1) is 21.6. The summed E-state index contributed by atoms with van der Waals surface area (Å²) in [6.07, 6.45) is 1.86. The van der Waals surface area contributed by atoms with E-state index < -0.39 is 5.92 Å². The number of benzene rings is 2. The highest BCUT2D eigenvalue weighted by molar-refractivity contribution is 6.15. The highest BCUT2D eigenvalue weighted by Crippen LogP contribution is 2.46. The number of rotatable bonds is 4. The molecule has 0 bridgehead atoms. The fraction of sp³-hybridized carbons (Fsp3) is 0.393. The van der Waals surface area contributed by atoms with Crippen molar-refractivity contribution in [3.05, 3.63) is 77.5 Å². The van der Waals surface area contributed by atoms with Crippen molar-refractivity contribution in [2.45, 2.75) is 58.5 Å². The van der Waals surface area contributed by atoms with Crippen LogP contribution >= 0.6 is 0 Å². The monoisotopic (exact) mass is 441 g/mol. The zero-order valence-corrected chi connectivity index (χ0v) is 19.7. The maximum atomic E-state index is 14.2. The average molecular weight is 442 g/mol. The van der Waals surface area contributed by atoms with Crippen LogP contribution in [-0.4, -0.2) is 27.5 Å². The molecule has 0 saturated heterocycles. The van der Waals surface area contributed by atoms with Crippen molar-refractivity contribution in [3.8, 4) is 11.3 Å². The number of hydrogen-bond donors (Lipinski definition) is 0. The van der Waals surface area contributed by atoms with Gasteiger partial charge in [0.15, 0.2) is 0 Å². The second kappa shape index (κ2) is 8.62. The lowest BCUT2D eigenvalue weighted by atomic mass is 9.75. The lowest BCUT2D eigenvalue weighted by Crippen LogP contribution is -2.35. The van der Waals surface area contributed by atoms with Gasteiger partial charge in [0.05, 0.1) is 11.4 Å². The van der Waals surface area contributed by atoms with Crippen molar-refractivity contribution < 1.29 is 9.63 Å². The third-order valence-corrected chi connectivity index (χ3v) is 7.18. The Labute approximate surface area is 195 Å². The summed E-state index contributed by atoms with van der Waals surface area (Å²) < 4.78 is 1.67. The minimum absolute atomic E-state index is 0.0782. The van der Waals surface area contributed by atoms with Crippen LogP contribution in [0.1, 0.15) is 74.0 Å². The van der Waals surface area contributed by atoms with Gasteiger partial charge in [0, 0.05) is 22.6 Å². The van der Waals surface area contributed by atoms with E-state index in [-0.39, 0.29) is 12.0 Å². The normalized spacial score (nSPS) is 24.3. The highest BCUT2D eigenvalue weighted by Gasteiger charge is 2.42. The average Bonchev–Trinajstić information content (AvgIpc) is 3.42. The molecule has 0 amide bonds. The maximum absolute atomic E-state index is 14.2. The number of aromatic nitrogens is 2. The third kappa shape index (κ3) is 3.69. The van der Waals surface area contributed by atoms with Gasteiger partial charge in [-0.25, -0.2) is 0 Å². The van der Waals surface area contributed by atoms with Crippen LogP contribution in [0.15, 0.2) is 65.8 Å². The van der Waals surface area contributed by atoms with Crippen molar-refractivity contribution in [2.75, 3.05) is 0 Å². The van der Waals surface area contributed by atoms with Gasteiger partial charge in [0.2, 0.25) is 0 Å². The molecule has 0 N–H and O–H groups in total. The topological polar surface area (TPSA) is 56.5 Å². The van der Waals surface area contributed by atoms with Crippen molar-refractivity contribution >= 4 is 11.6 Å². The summed E-state index contributed by atoms with van der Waals surface area (Å²) in [6, 6.07) is 20.0. The molecule has 0 radical (unpaired) electrons. The molecular formula is C28H31N3O2. The van der Waals surface area contributed by atoms with Crippen molar-refractivity contribution in [2.24, 2.45) is 17.0 Å². The van der Waals surface area contributed by atoms with E-state index in [0.717, 1.165) is 35.4 Å². The zero-order valence-electron chi connectivity index (χ0n) is 19.7. The van der Waals surface area contributed by atoms with Gasteiger partial charge in [-0.3, -0.25) is 4.79 Å². The van der Waals surface area contributed by atoms with Crippen LogP contribution in [0.25, 0.3) is 11.3 Å². The van der Waals surface area contributed by atoms with Gasteiger partial charge in [-0.1, -0.05) is 86.6 Å². The van der Waals surface area contributed by atoms with E-state index in [0.29, 0.717) is 23.5 Å². The van der Waals surface area contributed by atoms with E-state index in [2.05, 4.69) is 38.1 Å². The molecule has 4 atom stereocenters. The standard InChI is InChI=1S/C28H31N3O2/c1-17(2)22-16-15-18(3)23-26(22)29-31(27(23)21-13-9-6-10-14-21)28(32)24-19(4)33-30-25(24)20-11-7-5-8-12-20/h5-14,17-19,22,24H,15-16H2,1-4H3/t18-,19+,22+,24+/m1/s1. The van der Waals surface area contributed by atoms with Crippen LogP contribution in [0.5, 0.6) is 0 Å². The first-order valence-corrected chi connectivity index (χ1v) is 12.0. The molecule has 170 valence electrons. The van der Waals surface area contributed by atoms with Gasteiger partial charge in [-0.2, -0.15) is 9.78 Å². The quantitative estimate of drug-likeness (QED) is 0.480. The zero-order chi connectivity index (χ0) is 23.1. The maximum Gasteiger partial charge on any atom is 0.260 e. The second-order valence-corrected chi connectivity index (χ2v) is 9.72.